The zero-order valence-electron chi connectivity index (χ0n) is 13.1. The summed E-state index contributed by atoms with van der Waals surface area (Å²) in [5.74, 6) is 0. The van der Waals surface area contributed by atoms with Crippen LogP contribution >= 0.6 is 0 Å². The number of aryl methyl sites for hydroxylation is 1. The van der Waals surface area contributed by atoms with Crippen molar-refractivity contribution in [3.05, 3.63) is 58.0 Å². The fourth-order valence-electron chi connectivity index (χ4n) is 3.00. The SMILES string of the molecule is Cc1cn2c(nc1=O)OC1C(COCc3ccccc3)OC2C1F. The Morgan fingerprint density at radius 3 is 2.92 bits per heavy atom. The summed E-state index contributed by atoms with van der Waals surface area (Å²) in [7, 11) is 0. The van der Waals surface area contributed by atoms with Crippen molar-refractivity contribution < 1.29 is 18.6 Å². The van der Waals surface area contributed by atoms with Crippen LogP contribution in [0.2, 0.25) is 0 Å². The van der Waals surface area contributed by atoms with Gasteiger partial charge in [0.25, 0.3) is 5.56 Å². The Balaban J connectivity index is 1.46. The van der Waals surface area contributed by atoms with Crippen LogP contribution in [0.1, 0.15) is 17.4 Å². The molecule has 0 spiro atoms. The number of aromatic nitrogens is 2. The Kier molecular flexibility index (Phi) is 3.82. The summed E-state index contributed by atoms with van der Waals surface area (Å²) in [5, 5.41) is 0. The molecular weight excluding hydrogens is 315 g/mol. The molecule has 0 N–H and O–H groups in total. The molecule has 0 aliphatic carbocycles. The molecule has 7 heteroatoms. The highest BCUT2D eigenvalue weighted by molar-refractivity contribution is 5.15. The first-order chi connectivity index (χ1) is 11.6. The topological polar surface area (TPSA) is 62.6 Å². The van der Waals surface area contributed by atoms with Crippen LogP contribution in [0.5, 0.6) is 6.01 Å². The van der Waals surface area contributed by atoms with Gasteiger partial charge in [-0.3, -0.25) is 9.36 Å². The maximum Gasteiger partial charge on any atom is 0.302 e. The predicted molar refractivity (Wildman–Crippen MR) is 82.6 cm³/mol. The van der Waals surface area contributed by atoms with Gasteiger partial charge in [-0.2, -0.15) is 4.98 Å². The molecular formula is C17H17FN2O4. The molecule has 1 aromatic heterocycles. The fraction of sp³-hybridized carbons (Fsp3) is 0.412. The quantitative estimate of drug-likeness (QED) is 0.854. The summed E-state index contributed by atoms with van der Waals surface area (Å²) in [4.78, 5) is 15.5. The molecule has 3 heterocycles. The van der Waals surface area contributed by atoms with Gasteiger partial charge in [-0.15, -0.1) is 0 Å². The van der Waals surface area contributed by atoms with E-state index in [1.54, 1.807) is 6.92 Å². The minimum absolute atomic E-state index is 0.0973. The van der Waals surface area contributed by atoms with Gasteiger partial charge in [0, 0.05) is 11.8 Å². The van der Waals surface area contributed by atoms with E-state index in [0.717, 1.165) is 5.56 Å². The number of ether oxygens (including phenoxy) is 3. The van der Waals surface area contributed by atoms with E-state index in [0.29, 0.717) is 12.2 Å². The molecule has 1 fully saturated rings. The summed E-state index contributed by atoms with van der Waals surface area (Å²) in [5.41, 5.74) is 1.07. The number of hydrogen-bond donors (Lipinski definition) is 0. The van der Waals surface area contributed by atoms with Gasteiger partial charge in [-0.1, -0.05) is 30.3 Å². The van der Waals surface area contributed by atoms with Gasteiger partial charge in [0.15, 0.2) is 18.5 Å². The second kappa shape index (κ2) is 5.99. The van der Waals surface area contributed by atoms with Gasteiger partial charge in [-0.05, 0) is 12.5 Å². The lowest BCUT2D eigenvalue weighted by Crippen LogP contribution is -2.41. The van der Waals surface area contributed by atoms with Gasteiger partial charge < -0.3 is 14.2 Å². The highest BCUT2D eigenvalue weighted by Gasteiger charge is 2.52. The van der Waals surface area contributed by atoms with Crippen LogP contribution in [0, 0.1) is 6.92 Å². The third-order valence-electron chi connectivity index (χ3n) is 4.26. The molecule has 24 heavy (non-hydrogen) atoms. The monoisotopic (exact) mass is 332 g/mol. The Morgan fingerprint density at radius 1 is 1.33 bits per heavy atom. The summed E-state index contributed by atoms with van der Waals surface area (Å²) >= 11 is 0. The number of benzene rings is 1. The number of alkyl halides is 1. The van der Waals surface area contributed by atoms with Crippen LogP contribution in [0.4, 0.5) is 4.39 Å². The molecule has 2 bridgehead atoms. The summed E-state index contributed by atoms with van der Waals surface area (Å²) in [6.45, 7) is 2.24. The molecule has 0 saturated carbocycles. The maximum atomic E-state index is 14.5. The first-order valence-corrected chi connectivity index (χ1v) is 7.81. The van der Waals surface area contributed by atoms with E-state index >= 15 is 0 Å². The Hall–Kier alpha value is -2.25. The zero-order chi connectivity index (χ0) is 16.7. The third kappa shape index (κ3) is 2.59. The summed E-state index contributed by atoms with van der Waals surface area (Å²) in [6, 6.07) is 9.80. The van der Waals surface area contributed by atoms with Gasteiger partial charge >= 0.3 is 6.01 Å². The third-order valence-corrected chi connectivity index (χ3v) is 4.26. The molecule has 0 radical (unpaired) electrons. The maximum absolute atomic E-state index is 14.5. The Bertz CT molecular complexity index is 795. The van der Waals surface area contributed by atoms with Gasteiger partial charge in [0.2, 0.25) is 0 Å². The van der Waals surface area contributed by atoms with E-state index in [1.807, 2.05) is 30.3 Å². The number of hydrogen-bond acceptors (Lipinski definition) is 5. The molecule has 0 amide bonds. The first-order valence-electron chi connectivity index (χ1n) is 7.81. The summed E-state index contributed by atoms with van der Waals surface area (Å²) < 4.78 is 32.9. The lowest BCUT2D eigenvalue weighted by molar-refractivity contribution is -0.0537. The molecule has 6 nitrogen and oxygen atoms in total. The lowest BCUT2D eigenvalue weighted by Gasteiger charge is -2.27. The van der Waals surface area contributed by atoms with Crippen molar-refractivity contribution in [1.29, 1.82) is 0 Å². The predicted octanol–water partition coefficient (Wildman–Crippen LogP) is 1.77. The van der Waals surface area contributed by atoms with Gasteiger partial charge in [0.1, 0.15) is 6.10 Å². The van der Waals surface area contributed by atoms with Crippen molar-refractivity contribution in [2.24, 2.45) is 0 Å². The average Bonchev–Trinajstić information content (AvgIpc) is 2.78. The van der Waals surface area contributed by atoms with E-state index in [9.17, 15) is 9.18 Å². The Labute approximate surface area is 137 Å². The van der Waals surface area contributed by atoms with Gasteiger partial charge in [0.05, 0.1) is 13.2 Å². The lowest BCUT2D eigenvalue weighted by atomic mass is 10.1. The molecule has 2 aliphatic rings. The summed E-state index contributed by atoms with van der Waals surface area (Å²) in [6.07, 6.45) is -2.01. The van der Waals surface area contributed by atoms with Crippen molar-refractivity contribution in [2.75, 3.05) is 6.61 Å². The van der Waals surface area contributed by atoms with Crippen LogP contribution < -0.4 is 10.3 Å². The van der Waals surface area contributed by atoms with Crippen LogP contribution in [0.3, 0.4) is 0 Å². The largest absolute Gasteiger partial charge is 0.455 e. The van der Waals surface area contributed by atoms with Crippen LogP contribution in [-0.2, 0) is 16.1 Å². The van der Waals surface area contributed by atoms with Crippen molar-refractivity contribution in [3.63, 3.8) is 0 Å². The fourth-order valence-corrected chi connectivity index (χ4v) is 3.00. The highest BCUT2D eigenvalue weighted by Crippen LogP contribution is 2.40. The van der Waals surface area contributed by atoms with Crippen molar-refractivity contribution in [1.82, 2.24) is 9.55 Å². The van der Waals surface area contributed by atoms with Gasteiger partial charge in [-0.25, -0.2) is 4.39 Å². The molecule has 1 aromatic carbocycles. The van der Waals surface area contributed by atoms with Crippen LogP contribution in [0.15, 0.2) is 41.3 Å². The molecule has 2 aromatic rings. The van der Waals surface area contributed by atoms with E-state index < -0.39 is 24.6 Å². The minimum atomic E-state index is -1.33. The molecule has 4 rings (SSSR count). The van der Waals surface area contributed by atoms with Crippen molar-refractivity contribution in [2.45, 2.75) is 38.1 Å². The smallest absolute Gasteiger partial charge is 0.302 e. The second-order valence-electron chi connectivity index (χ2n) is 6.01. The molecule has 1 saturated heterocycles. The normalized spacial score (nSPS) is 27.6. The minimum Gasteiger partial charge on any atom is -0.455 e. The number of nitrogens with zero attached hydrogens (tertiary/aromatic N) is 2. The second-order valence-corrected chi connectivity index (χ2v) is 6.01. The van der Waals surface area contributed by atoms with Crippen LogP contribution in [0.25, 0.3) is 0 Å². The van der Waals surface area contributed by atoms with E-state index in [-0.39, 0.29) is 18.2 Å². The highest BCUT2D eigenvalue weighted by atomic mass is 19.1. The number of halogens is 1. The van der Waals surface area contributed by atoms with E-state index in [1.165, 1.54) is 10.8 Å². The van der Waals surface area contributed by atoms with E-state index in [4.69, 9.17) is 14.2 Å². The van der Waals surface area contributed by atoms with Crippen molar-refractivity contribution >= 4 is 0 Å². The number of fused-ring (bicyclic) bond motifs is 4. The molecule has 126 valence electrons. The average molecular weight is 332 g/mol. The molecule has 2 aliphatic heterocycles. The zero-order valence-corrected chi connectivity index (χ0v) is 13.1. The van der Waals surface area contributed by atoms with Crippen molar-refractivity contribution in [3.8, 4) is 6.01 Å². The standard InChI is InChI=1S/C17H17FN2O4/c1-10-7-20-16-13(18)14(24-17(20)19-15(10)21)12(23-16)9-22-8-11-5-3-2-4-6-11/h2-7,12-14,16H,8-9H2,1H3. The molecule has 4 atom stereocenters. The van der Waals surface area contributed by atoms with Crippen LogP contribution in [-0.4, -0.2) is 34.5 Å². The Morgan fingerprint density at radius 2 is 2.12 bits per heavy atom. The van der Waals surface area contributed by atoms with E-state index in [2.05, 4.69) is 4.98 Å². The number of rotatable bonds is 4. The first kappa shape index (κ1) is 15.3. The molecule has 4 unspecified atom stereocenters.